The van der Waals surface area contributed by atoms with Gasteiger partial charge in [-0.25, -0.2) is 0 Å². The smallest absolute Gasteiger partial charge is 0.0132 e. The molecule has 1 unspecified atom stereocenters. The van der Waals surface area contributed by atoms with Gasteiger partial charge in [-0.3, -0.25) is 0 Å². The minimum Gasteiger partial charge on any atom is -0.327 e. The molecule has 0 aliphatic rings. The van der Waals surface area contributed by atoms with E-state index in [-0.39, 0.29) is 0 Å². The number of thioether (sulfide) groups is 1. The van der Waals surface area contributed by atoms with E-state index in [1.807, 2.05) is 11.8 Å². The fourth-order valence-electron chi connectivity index (χ4n) is 1.03. The van der Waals surface area contributed by atoms with Gasteiger partial charge in [0.1, 0.15) is 0 Å². The van der Waals surface area contributed by atoms with Gasteiger partial charge in [0.15, 0.2) is 0 Å². The quantitative estimate of drug-likeness (QED) is 0.748. The van der Waals surface area contributed by atoms with Gasteiger partial charge in [0, 0.05) is 16.7 Å². The minimum absolute atomic E-state index is 0.325. The zero-order valence-electron chi connectivity index (χ0n) is 8.29. The third-order valence-corrected chi connectivity index (χ3v) is 3.16. The Morgan fingerprint density at radius 1 is 1.46 bits per heavy atom. The van der Waals surface area contributed by atoms with Crippen molar-refractivity contribution in [2.45, 2.75) is 31.2 Å². The molecule has 0 fully saturated rings. The predicted molar refractivity (Wildman–Crippen MR) is 60.2 cm³/mol. The summed E-state index contributed by atoms with van der Waals surface area (Å²) in [6.07, 6.45) is 1.05. The summed E-state index contributed by atoms with van der Waals surface area (Å²) in [5.74, 6) is 1.01. The Kier molecular flexibility index (Phi) is 4.33. The maximum Gasteiger partial charge on any atom is 0.0132 e. The maximum atomic E-state index is 5.84. The molecule has 0 aromatic heterocycles. The number of aryl methyl sites for hydroxylation is 1. The molecule has 1 atom stereocenters. The molecule has 1 rings (SSSR count). The van der Waals surface area contributed by atoms with Crippen LogP contribution in [0.15, 0.2) is 29.2 Å². The van der Waals surface area contributed by atoms with E-state index >= 15 is 0 Å². The van der Waals surface area contributed by atoms with Gasteiger partial charge in [-0.1, -0.05) is 24.6 Å². The van der Waals surface area contributed by atoms with Crippen LogP contribution >= 0.6 is 11.8 Å². The highest BCUT2D eigenvalue weighted by Gasteiger charge is 2.00. The fraction of sp³-hybridized carbons (Fsp3) is 0.455. The monoisotopic (exact) mass is 195 g/mol. The standard InChI is InChI=1S/C11H17NS/c1-3-10(12)8-13-11-6-4-5-9(2)7-11/h4-7,10H,3,8,12H2,1-2H3. The van der Waals surface area contributed by atoms with Crippen LogP contribution in [0.4, 0.5) is 0 Å². The second kappa shape index (κ2) is 5.30. The fourth-order valence-corrected chi connectivity index (χ4v) is 2.11. The van der Waals surface area contributed by atoms with Gasteiger partial charge >= 0.3 is 0 Å². The highest BCUT2D eigenvalue weighted by Crippen LogP contribution is 2.19. The molecule has 13 heavy (non-hydrogen) atoms. The third kappa shape index (κ3) is 3.83. The molecule has 2 N–H and O–H groups in total. The second-order valence-electron chi connectivity index (χ2n) is 3.30. The molecule has 1 aromatic carbocycles. The van der Waals surface area contributed by atoms with Crippen LogP contribution in [0.2, 0.25) is 0 Å². The number of nitrogens with two attached hydrogens (primary N) is 1. The van der Waals surface area contributed by atoms with Gasteiger partial charge in [0.05, 0.1) is 0 Å². The normalized spacial score (nSPS) is 12.8. The SMILES string of the molecule is CCC(N)CSc1cccc(C)c1. The van der Waals surface area contributed by atoms with Crippen LogP contribution in [-0.4, -0.2) is 11.8 Å². The van der Waals surface area contributed by atoms with Crippen LogP contribution < -0.4 is 5.73 Å². The van der Waals surface area contributed by atoms with E-state index in [0.717, 1.165) is 12.2 Å². The van der Waals surface area contributed by atoms with Crippen molar-refractivity contribution in [3.63, 3.8) is 0 Å². The molecule has 1 aromatic rings. The summed E-state index contributed by atoms with van der Waals surface area (Å²) in [6, 6.07) is 8.87. The third-order valence-electron chi connectivity index (χ3n) is 1.98. The topological polar surface area (TPSA) is 26.0 Å². The minimum atomic E-state index is 0.325. The van der Waals surface area contributed by atoms with Gasteiger partial charge in [-0.15, -0.1) is 11.8 Å². The lowest BCUT2D eigenvalue weighted by Gasteiger charge is -2.07. The summed E-state index contributed by atoms with van der Waals surface area (Å²) >= 11 is 1.84. The van der Waals surface area contributed by atoms with Crippen LogP contribution in [0.25, 0.3) is 0 Å². The largest absolute Gasteiger partial charge is 0.327 e. The Morgan fingerprint density at radius 2 is 2.23 bits per heavy atom. The molecule has 0 spiro atoms. The van der Waals surface area contributed by atoms with Crippen molar-refractivity contribution in [1.29, 1.82) is 0 Å². The van der Waals surface area contributed by atoms with Crippen LogP contribution in [0.5, 0.6) is 0 Å². The molecule has 0 saturated heterocycles. The molecule has 0 radical (unpaired) electrons. The van der Waals surface area contributed by atoms with Gasteiger partial charge in [0.2, 0.25) is 0 Å². The molecule has 0 amide bonds. The van der Waals surface area contributed by atoms with E-state index in [9.17, 15) is 0 Å². The Labute approximate surface area is 84.7 Å². The number of rotatable bonds is 4. The molecular weight excluding hydrogens is 178 g/mol. The Balaban J connectivity index is 2.45. The Morgan fingerprint density at radius 3 is 2.85 bits per heavy atom. The highest BCUT2D eigenvalue weighted by molar-refractivity contribution is 7.99. The van der Waals surface area contributed by atoms with E-state index in [1.54, 1.807) is 0 Å². The van der Waals surface area contributed by atoms with Crippen molar-refractivity contribution in [2.75, 3.05) is 5.75 Å². The van der Waals surface area contributed by atoms with Crippen molar-refractivity contribution in [3.05, 3.63) is 29.8 Å². The van der Waals surface area contributed by atoms with Crippen LogP contribution in [-0.2, 0) is 0 Å². The molecule has 1 nitrogen and oxygen atoms in total. The van der Waals surface area contributed by atoms with Crippen molar-refractivity contribution in [1.82, 2.24) is 0 Å². The van der Waals surface area contributed by atoms with Gasteiger partial charge < -0.3 is 5.73 Å². The molecule has 0 heterocycles. The lowest BCUT2D eigenvalue weighted by Crippen LogP contribution is -2.21. The van der Waals surface area contributed by atoms with Gasteiger partial charge in [-0.05, 0) is 25.5 Å². The van der Waals surface area contributed by atoms with Crippen molar-refractivity contribution < 1.29 is 0 Å². The van der Waals surface area contributed by atoms with Gasteiger partial charge in [-0.2, -0.15) is 0 Å². The summed E-state index contributed by atoms with van der Waals surface area (Å²) in [6.45, 7) is 4.24. The zero-order valence-corrected chi connectivity index (χ0v) is 9.10. The summed E-state index contributed by atoms with van der Waals surface area (Å²) in [5, 5.41) is 0. The first-order chi connectivity index (χ1) is 6.22. The van der Waals surface area contributed by atoms with Crippen LogP contribution in [0.3, 0.4) is 0 Å². The number of hydrogen-bond donors (Lipinski definition) is 1. The van der Waals surface area contributed by atoms with E-state index in [0.29, 0.717) is 6.04 Å². The lowest BCUT2D eigenvalue weighted by molar-refractivity contribution is 0.725. The maximum absolute atomic E-state index is 5.84. The number of hydrogen-bond acceptors (Lipinski definition) is 2. The van der Waals surface area contributed by atoms with Crippen LogP contribution in [0.1, 0.15) is 18.9 Å². The molecule has 72 valence electrons. The molecule has 0 bridgehead atoms. The predicted octanol–water partition coefficient (Wildman–Crippen LogP) is 2.82. The van der Waals surface area contributed by atoms with E-state index in [2.05, 4.69) is 38.1 Å². The average molecular weight is 195 g/mol. The first-order valence-corrected chi connectivity index (χ1v) is 5.66. The van der Waals surface area contributed by atoms with E-state index in [1.165, 1.54) is 10.5 Å². The second-order valence-corrected chi connectivity index (χ2v) is 4.39. The molecule has 0 saturated carbocycles. The van der Waals surface area contributed by atoms with Crippen molar-refractivity contribution in [3.8, 4) is 0 Å². The summed E-state index contributed by atoms with van der Waals surface area (Å²) in [4.78, 5) is 1.32. The number of benzene rings is 1. The summed E-state index contributed by atoms with van der Waals surface area (Å²) < 4.78 is 0. The lowest BCUT2D eigenvalue weighted by atomic mass is 10.2. The summed E-state index contributed by atoms with van der Waals surface area (Å²) in [7, 11) is 0. The van der Waals surface area contributed by atoms with E-state index < -0.39 is 0 Å². The molecular formula is C11H17NS. The van der Waals surface area contributed by atoms with Crippen molar-refractivity contribution >= 4 is 11.8 Å². The molecule has 0 aliphatic carbocycles. The van der Waals surface area contributed by atoms with Gasteiger partial charge in [0.25, 0.3) is 0 Å². The average Bonchev–Trinajstić information content (AvgIpc) is 2.14. The Bertz CT molecular complexity index is 260. The molecule has 2 heteroatoms. The Hall–Kier alpha value is -0.470. The first-order valence-electron chi connectivity index (χ1n) is 4.67. The highest BCUT2D eigenvalue weighted by atomic mass is 32.2. The first kappa shape index (κ1) is 10.6. The molecule has 0 aliphatic heterocycles. The van der Waals surface area contributed by atoms with Crippen molar-refractivity contribution in [2.24, 2.45) is 5.73 Å². The summed E-state index contributed by atoms with van der Waals surface area (Å²) in [5.41, 5.74) is 7.15. The zero-order chi connectivity index (χ0) is 9.68. The van der Waals surface area contributed by atoms with Crippen LogP contribution in [0, 0.1) is 6.92 Å². The van der Waals surface area contributed by atoms with E-state index in [4.69, 9.17) is 5.73 Å².